The van der Waals surface area contributed by atoms with Crippen molar-refractivity contribution in [3.63, 3.8) is 0 Å². The van der Waals surface area contributed by atoms with Gasteiger partial charge in [0.2, 0.25) is 0 Å². The Morgan fingerprint density at radius 1 is 1.14 bits per heavy atom. The molecule has 0 spiro atoms. The molecule has 1 aliphatic rings. The van der Waals surface area contributed by atoms with Crippen molar-refractivity contribution in [3.8, 4) is 5.75 Å². The van der Waals surface area contributed by atoms with Gasteiger partial charge >= 0.3 is 12.3 Å². The van der Waals surface area contributed by atoms with Gasteiger partial charge < -0.3 is 9.84 Å². The Bertz CT molecular complexity index is 1220. The molecular weight excluding hydrogens is 501 g/mol. The van der Waals surface area contributed by atoms with Gasteiger partial charge in [-0.2, -0.15) is 0 Å². The minimum Gasteiger partial charge on any atom is -0.481 e. The van der Waals surface area contributed by atoms with Crippen LogP contribution in [0.25, 0.3) is 10.1 Å². The van der Waals surface area contributed by atoms with Crippen molar-refractivity contribution in [2.24, 2.45) is 0 Å². The molecule has 0 aliphatic carbocycles. The van der Waals surface area contributed by atoms with Gasteiger partial charge in [-0.3, -0.25) is 9.69 Å². The minimum absolute atomic E-state index is 0.0379. The lowest BCUT2D eigenvalue weighted by atomic mass is 10.1. The van der Waals surface area contributed by atoms with Gasteiger partial charge in [0.15, 0.2) is 0 Å². The third-order valence-electron chi connectivity index (χ3n) is 5.84. The number of aliphatic carboxylic acids is 1. The first-order valence-electron chi connectivity index (χ1n) is 11.0. The van der Waals surface area contributed by atoms with E-state index >= 15 is 0 Å². The first kappa shape index (κ1) is 25.6. The summed E-state index contributed by atoms with van der Waals surface area (Å²) in [5, 5.41) is 11.8. The number of halogens is 3. The van der Waals surface area contributed by atoms with E-state index in [1.807, 2.05) is 41.7 Å². The first-order chi connectivity index (χ1) is 16.5. The summed E-state index contributed by atoms with van der Waals surface area (Å²) in [4.78, 5) is 14.0. The monoisotopic (exact) mass is 526 g/mol. The van der Waals surface area contributed by atoms with Gasteiger partial charge in [-0.25, -0.2) is 8.51 Å². The van der Waals surface area contributed by atoms with Gasteiger partial charge in [0, 0.05) is 36.4 Å². The van der Waals surface area contributed by atoms with E-state index < -0.39 is 23.3 Å². The number of alkyl halides is 3. The predicted octanol–water partition coefficient (Wildman–Crippen LogP) is 5.04. The van der Waals surface area contributed by atoms with Crippen molar-refractivity contribution in [1.29, 1.82) is 0 Å². The van der Waals surface area contributed by atoms with Crippen molar-refractivity contribution < 1.29 is 32.0 Å². The number of fused-ring (bicyclic) bond motifs is 1. The number of hydrogen-bond acceptors (Lipinski definition) is 5. The maximum absolute atomic E-state index is 13.5. The molecule has 6 nitrogen and oxygen atoms in total. The van der Waals surface area contributed by atoms with Crippen LogP contribution in [0, 0.1) is 0 Å². The van der Waals surface area contributed by atoms with Gasteiger partial charge in [0.1, 0.15) is 16.7 Å². The molecule has 1 fully saturated rings. The highest BCUT2D eigenvalue weighted by Crippen LogP contribution is 2.31. The summed E-state index contributed by atoms with van der Waals surface area (Å²) in [6, 6.07) is 11.3. The molecular formula is C24H25F3N2O4S2. The number of piperazine rings is 1. The number of nitrogens with zero attached hydrogens (tertiary/aromatic N) is 2. The van der Waals surface area contributed by atoms with Crippen LogP contribution in [0.15, 0.2) is 52.7 Å². The van der Waals surface area contributed by atoms with Gasteiger partial charge in [0.05, 0.1) is 11.3 Å². The quantitative estimate of drug-likeness (QED) is 0.467. The number of thiophene rings is 1. The summed E-state index contributed by atoms with van der Waals surface area (Å²) in [5.74, 6) is -1.16. The molecule has 188 valence electrons. The fraction of sp³-hybridized carbons (Fsp3) is 0.375. The van der Waals surface area contributed by atoms with Crippen LogP contribution >= 0.6 is 11.3 Å². The van der Waals surface area contributed by atoms with E-state index in [9.17, 15) is 22.2 Å². The molecule has 0 bridgehead atoms. The number of benzene rings is 2. The molecule has 3 atom stereocenters. The number of carboxylic acids is 1. The van der Waals surface area contributed by atoms with Crippen molar-refractivity contribution in [2.75, 3.05) is 13.1 Å². The lowest BCUT2D eigenvalue weighted by molar-refractivity contribution is -0.274. The van der Waals surface area contributed by atoms with Crippen LogP contribution in [-0.2, 0) is 28.7 Å². The molecule has 0 radical (unpaired) electrons. The maximum atomic E-state index is 13.5. The second-order valence-corrected chi connectivity index (χ2v) is 11.0. The zero-order valence-corrected chi connectivity index (χ0v) is 20.8. The standard InChI is InChI=1S/C24H25F3N2O4S2/c1-15-11-28(13-17-3-5-19(6-4-17)33-24(25,26)27)12-16(2)29(15)35(32)20-7-8-22-21(10-20)18(14-34-22)9-23(30)31/h3-8,10,14-16H,9,11-13H2,1-2H3,(H,30,31)/t15-,16+,35?. The number of carboxylic acid groups (broad SMARTS) is 1. The van der Waals surface area contributed by atoms with Crippen LogP contribution in [0.2, 0.25) is 0 Å². The summed E-state index contributed by atoms with van der Waals surface area (Å²) in [5.41, 5.74) is 1.58. The molecule has 2 heterocycles. The fourth-order valence-corrected chi connectivity index (χ4v) is 6.90. The molecule has 1 saturated heterocycles. The molecule has 4 rings (SSSR count). The third kappa shape index (κ3) is 6.21. The van der Waals surface area contributed by atoms with E-state index in [1.165, 1.54) is 23.5 Å². The van der Waals surface area contributed by atoms with E-state index in [1.54, 1.807) is 12.1 Å². The van der Waals surface area contributed by atoms with Crippen molar-refractivity contribution in [1.82, 2.24) is 9.21 Å². The highest BCUT2D eigenvalue weighted by atomic mass is 32.2. The summed E-state index contributed by atoms with van der Waals surface area (Å²) in [6.07, 6.45) is -4.80. The van der Waals surface area contributed by atoms with Gasteiger partial charge in [0.25, 0.3) is 0 Å². The van der Waals surface area contributed by atoms with Crippen LogP contribution in [-0.4, -0.2) is 56.0 Å². The third-order valence-corrected chi connectivity index (χ3v) is 8.61. The number of ether oxygens (including phenoxy) is 1. The molecule has 1 aliphatic heterocycles. The Morgan fingerprint density at radius 3 is 2.40 bits per heavy atom. The van der Waals surface area contributed by atoms with Crippen LogP contribution in [0.4, 0.5) is 13.2 Å². The number of rotatable bonds is 7. The van der Waals surface area contributed by atoms with E-state index in [0.717, 1.165) is 15.6 Å². The molecule has 11 heteroatoms. The minimum atomic E-state index is -4.72. The second-order valence-electron chi connectivity index (χ2n) is 8.68. The zero-order valence-electron chi connectivity index (χ0n) is 19.1. The van der Waals surface area contributed by atoms with Crippen LogP contribution in [0.5, 0.6) is 5.75 Å². The van der Waals surface area contributed by atoms with Gasteiger partial charge in [-0.05, 0) is 66.1 Å². The molecule has 2 aromatic carbocycles. The Morgan fingerprint density at radius 2 is 1.80 bits per heavy atom. The molecule has 1 N–H and O–H groups in total. The first-order valence-corrected chi connectivity index (χ1v) is 13.0. The predicted molar refractivity (Wildman–Crippen MR) is 129 cm³/mol. The molecule has 1 unspecified atom stereocenters. The van der Waals surface area contributed by atoms with E-state index in [0.29, 0.717) is 30.1 Å². The number of hydrogen-bond donors (Lipinski definition) is 1. The normalized spacial score (nSPS) is 20.7. The molecule has 35 heavy (non-hydrogen) atoms. The highest BCUT2D eigenvalue weighted by Gasteiger charge is 2.34. The highest BCUT2D eigenvalue weighted by molar-refractivity contribution is 7.82. The van der Waals surface area contributed by atoms with Crippen LogP contribution in [0.1, 0.15) is 25.0 Å². The summed E-state index contributed by atoms with van der Waals surface area (Å²) in [7, 11) is -1.42. The van der Waals surface area contributed by atoms with Crippen molar-refractivity contribution in [3.05, 3.63) is 59.0 Å². The van der Waals surface area contributed by atoms with Crippen molar-refractivity contribution in [2.45, 2.75) is 50.2 Å². The van der Waals surface area contributed by atoms with E-state index in [2.05, 4.69) is 9.64 Å². The molecule has 0 saturated carbocycles. The largest absolute Gasteiger partial charge is 0.573 e. The number of carbonyl (C=O) groups is 1. The Kier molecular flexibility index (Phi) is 7.51. The second kappa shape index (κ2) is 10.3. The Balaban J connectivity index is 1.44. The SMILES string of the molecule is C[C@@H]1CN(Cc2ccc(OC(F)(F)F)cc2)C[C@H](C)N1S(=O)c1ccc2scc(CC(=O)O)c2c1. The van der Waals surface area contributed by atoms with E-state index in [4.69, 9.17) is 5.11 Å². The smallest absolute Gasteiger partial charge is 0.481 e. The Labute approximate surface area is 207 Å². The molecule has 0 amide bonds. The van der Waals surface area contributed by atoms with E-state index in [-0.39, 0.29) is 24.3 Å². The van der Waals surface area contributed by atoms with Gasteiger partial charge in [-0.1, -0.05) is 12.1 Å². The fourth-order valence-electron chi connectivity index (χ4n) is 4.52. The maximum Gasteiger partial charge on any atom is 0.573 e. The Hall–Kier alpha value is -2.47. The van der Waals surface area contributed by atoms with Crippen molar-refractivity contribution >= 4 is 38.4 Å². The molecule has 1 aromatic heterocycles. The lowest BCUT2D eigenvalue weighted by Gasteiger charge is -2.43. The average molecular weight is 527 g/mol. The zero-order chi connectivity index (χ0) is 25.3. The van der Waals surface area contributed by atoms with Crippen LogP contribution < -0.4 is 4.74 Å². The lowest BCUT2D eigenvalue weighted by Crippen LogP contribution is -2.56. The summed E-state index contributed by atoms with van der Waals surface area (Å²) >= 11 is 1.47. The average Bonchev–Trinajstić information content (AvgIpc) is 3.15. The molecule has 3 aromatic rings. The van der Waals surface area contributed by atoms with Gasteiger partial charge in [-0.15, -0.1) is 24.5 Å². The summed E-state index contributed by atoms with van der Waals surface area (Å²) < 4.78 is 57.5. The van der Waals surface area contributed by atoms with Crippen LogP contribution in [0.3, 0.4) is 0 Å². The topological polar surface area (TPSA) is 70.1 Å². The summed E-state index contributed by atoms with van der Waals surface area (Å²) in [6.45, 7) is 5.84.